The second kappa shape index (κ2) is 10.5. The average molecular weight is 481 g/mol. The van der Waals surface area contributed by atoms with E-state index in [1.54, 1.807) is 6.92 Å². The summed E-state index contributed by atoms with van der Waals surface area (Å²) in [6.45, 7) is 3.21. The zero-order valence-corrected chi connectivity index (χ0v) is 18.4. The summed E-state index contributed by atoms with van der Waals surface area (Å²) in [5.74, 6) is -4.17. The van der Waals surface area contributed by atoms with Crippen molar-refractivity contribution in [2.75, 3.05) is 6.54 Å². The predicted octanol–water partition coefficient (Wildman–Crippen LogP) is 1.97. The molecule has 0 aromatic heterocycles. The molecule has 3 amide bonds. The average Bonchev–Trinajstić information content (AvgIpc) is 2.70. The van der Waals surface area contributed by atoms with Gasteiger partial charge in [-0.15, -0.1) is 0 Å². The number of benzene rings is 2. The molecule has 0 saturated heterocycles. The number of hydrogen-bond acceptors (Lipinski definition) is 5. The highest BCUT2D eigenvalue weighted by molar-refractivity contribution is 7.90. The summed E-state index contributed by atoms with van der Waals surface area (Å²) >= 11 is 0. The molecule has 0 unspecified atom stereocenters. The minimum absolute atomic E-state index is 0.0202. The molecule has 0 radical (unpaired) electrons. The molecule has 0 spiro atoms. The van der Waals surface area contributed by atoms with Crippen LogP contribution in [-0.4, -0.2) is 32.9 Å². The number of halogens is 2. The van der Waals surface area contributed by atoms with Gasteiger partial charge in [0.2, 0.25) is 0 Å². The van der Waals surface area contributed by atoms with E-state index in [1.165, 1.54) is 13.0 Å². The molecular formula is C20H21F2N5O5S. The monoisotopic (exact) mass is 481 g/mol. The van der Waals surface area contributed by atoms with Crippen molar-refractivity contribution in [1.29, 1.82) is 0 Å². The van der Waals surface area contributed by atoms with Crippen LogP contribution in [0.4, 0.5) is 13.6 Å². The molecule has 2 aromatic rings. The summed E-state index contributed by atoms with van der Waals surface area (Å²) in [4.78, 5) is 26.2. The summed E-state index contributed by atoms with van der Waals surface area (Å²) in [7, 11) is -4.14. The number of nitrogens with zero attached hydrogens (tertiary/aromatic N) is 1. The number of aliphatic imine (C=N–C) groups is 1. The first-order valence-electron chi connectivity index (χ1n) is 9.32. The van der Waals surface area contributed by atoms with E-state index in [9.17, 15) is 26.8 Å². The van der Waals surface area contributed by atoms with E-state index in [2.05, 4.69) is 10.3 Å². The maximum atomic E-state index is 14.4. The summed E-state index contributed by atoms with van der Waals surface area (Å²) < 4.78 is 60.2. The van der Waals surface area contributed by atoms with Crippen LogP contribution in [0.3, 0.4) is 0 Å². The Morgan fingerprint density at radius 2 is 1.70 bits per heavy atom. The Labute approximate surface area is 188 Å². The number of ether oxygens (including phenoxy) is 1. The van der Waals surface area contributed by atoms with Crippen molar-refractivity contribution in [2.45, 2.75) is 18.7 Å². The van der Waals surface area contributed by atoms with Gasteiger partial charge < -0.3 is 21.5 Å². The van der Waals surface area contributed by atoms with Crippen LogP contribution in [0.1, 0.15) is 19.4 Å². The number of hydrogen-bond donors (Lipinski definition) is 4. The number of amides is 3. The molecule has 2 aromatic carbocycles. The Morgan fingerprint density at radius 3 is 2.21 bits per heavy atom. The van der Waals surface area contributed by atoms with Gasteiger partial charge in [0.05, 0.1) is 4.90 Å². The third-order valence-corrected chi connectivity index (χ3v) is 5.24. The van der Waals surface area contributed by atoms with E-state index in [0.717, 1.165) is 36.4 Å². The summed E-state index contributed by atoms with van der Waals surface area (Å²) in [5.41, 5.74) is 10.3. The van der Waals surface area contributed by atoms with Crippen molar-refractivity contribution in [3.8, 4) is 11.5 Å². The first-order chi connectivity index (χ1) is 15.4. The zero-order chi connectivity index (χ0) is 24.8. The molecule has 0 fully saturated rings. The van der Waals surface area contributed by atoms with Gasteiger partial charge in [-0.05, 0) is 61.9 Å². The van der Waals surface area contributed by atoms with Gasteiger partial charge in [0, 0.05) is 12.1 Å². The van der Waals surface area contributed by atoms with Gasteiger partial charge in [0.15, 0.2) is 23.3 Å². The summed E-state index contributed by atoms with van der Waals surface area (Å²) in [6, 6.07) is 5.49. The molecule has 176 valence electrons. The fourth-order valence-corrected chi connectivity index (χ4v) is 3.39. The van der Waals surface area contributed by atoms with Crippen molar-refractivity contribution in [1.82, 2.24) is 10.0 Å². The molecule has 0 aliphatic rings. The fourth-order valence-electron chi connectivity index (χ4n) is 2.46. The maximum Gasteiger partial charge on any atom is 0.328 e. The van der Waals surface area contributed by atoms with E-state index >= 15 is 0 Å². The van der Waals surface area contributed by atoms with Crippen molar-refractivity contribution in [3.05, 3.63) is 59.2 Å². The Hall–Kier alpha value is -4.00. The third kappa shape index (κ3) is 7.00. The van der Waals surface area contributed by atoms with E-state index in [0.29, 0.717) is 0 Å². The standard InChI is InChI=1S/C20H21F2N5O5S/c1-3-25-20(29)27-33(30,31)14-6-4-13(5-7-14)32-17-15(21)9-12(10-16(17)22)8-11(2)18(28)26-19(23)24/h4-10H,3H2,1-2H3,(H2,25,27,29)(H4,23,24,26,28)/b11-8+. The highest BCUT2D eigenvalue weighted by Crippen LogP contribution is 2.30. The fraction of sp³-hybridized carbons (Fsp3) is 0.150. The third-order valence-electron chi connectivity index (χ3n) is 3.89. The zero-order valence-electron chi connectivity index (χ0n) is 17.6. The summed E-state index contributed by atoms with van der Waals surface area (Å²) in [6.07, 6.45) is 1.19. The second-order valence-electron chi connectivity index (χ2n) is 6.52. The van der Waals surface area contributed by atoms with Crippen molar-refractivity contribution in [2.24, 2.45) is 16.5 Å². The first-order valence-corrected chi connectivity index (χ1v) is 10.8. The Balaban J connectivity index is 2.22. The highest BCUT2D eigenvalue weighted by Gasteiger charge is 2.18. The van der Waals surface area contributed by atoms with Gasteiger partial charge in [-0.25, -0.2) is 26.7 Å². The van der Waals surface area contributed by atoms with Crippen LogP contribution in [0.15, 0.2) is 51.9 Å². The molecule has 0 bridgehead atoms. The lowest BCUT2D eigenvalue weighted by atomic mass is 10.1. The molecular weight excluding hydrogens is 460 g/mol. The lowest BCUT2D eigenvalue weighted by Gasteiger charge is -2.11. The van der Waals surface area contributed by atoms with E-state index in [4.69, 9.17) is 16.2 Å². The van der Waals surface area contributed by atoms with Gasteiger partial charge >= 0.3 is 6.03 Å². The summed E-state index contributed by atoms with van der Waals surface area (Å²) in [5, 5.41) is 2.28. The first kappa shape index (κ1) is 25.3. The van der Waals surface area contributed by atoms with Crippen LogP contribution in [0.2, 0.25) is 0 Å². The van der Waals surface area contributed by atoms with Crippen LogP contribution in [0.5, 0.6) is 11.5 Å². The van der Waals surface area contributed by atoms with Crippen LogP contribution in [-0.2, 0) is 14.8 Å². The van der Waals surface area contributed by atoms with Gasteiger partial charge in [-0.1, -0.05) is 0 Å². The van der Waals surface area contributed by atoms with Crippen molar-refractivity contribution < 1.29 is 31.5 Å². The number of urea groups is 1. The van der Waals surface area contributed by atoms with Crippen LogP contribution >= 0.6 is 0 Å². The smallest absolute Gasteiger partial charge is 0.328 e. The predicted molar refractivity (Wildman–Crippen MR) is 117 cm³/mol. The number of carbonyl (C=O) groups excluding carboxylic acids is 2. The molecule has 0 aliphatic heterocycles. The minimum atomic E-state index is -4.14. The Kier molecular flexibility index (Phi) is 8.07. The van der Waals surface area contributed by atoms with E-state index in [1.807, 2.05) is 4.72 Å². The lowest BCUT2D eigenvalue weighted by Crippen LogP contribution is -2.39. The molecule has 0 atom stereocenters. The van der Waals surface area contributed by atoms with Crippen LogP contribution in [0.25, 0.3) is 6.08 Å². The quantitative estimate of drug-likeness (QED) is 0.266. The van der Waals surface area contributed by atoms with Gasteiger partial charge in [-0.2, -0.15) is 4.99 Å². The van der Waals surface area contributed by atoms with E-state index < -0.39 is 45.3 Å². The van der Waals surface area contributed by atoms with Crippen molar-refractivity contribution in [3.63, 3.8) is 0 Å². The topological polar surface area (TPSA) is 166 Å². The SMILES string of the molecule is CCNC(=O)NS(=O)(=O)c1ccc(Oc2c(F)cc(/C=C(\C)C(=O)N=C(N)N)cc2F)cc1. The number of nitrogens with two attached hydrogens (primary N) is 2. The molecule has 0 heterocycles. The maximum absolute atomic E-state index is 14.4. The number of nitrogens with one attached hydrogen (secondary N) is 2. The molecule has 13 heteroatoms. The van der Waals surface area contributed by atoms with Gasteiger partial charge in [-0.3, -0.25) is 4.79 Å². The number of guanidine groups is 1. The number of carbonyl (C=O) groups is 2. The number of rotatable bonds is 7. The molecule has 0 saturated carbocycles. The molecule has 6 N–H and O–H groups in total. The second-order valence-corrected chi connectivity index (χ2v) is 8.20. The highest BCUT2D eigenvalue weighted by atomic mass is 32.2. The van der Waals surface area contributed by atoms with Gasteiger partial charge in [0.25, 0.3) is 15.9 Å². The molecule has 0 aliphatic carbocycles. The molecule has 33 heavy (non-hydrogen) atoms. The normalized spacial score (nSPS) is 11.5. The molecule has 10 nitrogen and oxygen atoms in total. The van der Waals surface area contributed by atoms with Crippen LogP contribution < -0.4 is 26.2 Å². The van der Waals surface area contributed by atoms with Gasteiger partial charge in [0.1, 0.15) is 5.75 Å². The Morgan fingerprint density at radius 1 is 1.12 bits per heavy atom. The van der Waals surface area contributed by atoms with Crippen LogP contribution in [0, 0.1) is 11.6 Å². The largest absolute Gasteiger partial charge is 0.451 e. The molecule has 2 rings (SSSR count). The van der Waals surface area contributed by atoms with Crippen molar-refractivity contribution >= 4 is 34.0 Å². The van der Waals surface area contributed by atoms with E-state index in [-0.39, 0.29) is 28.3 Å². The lowest BCUT2D eigenvalue weighted by molar-refractivity contribution is -0.114. The number of sulfonamides is 1. The Bertz CT molecular complexity index is 1200. The minimum Gasteiger partial charge on any atom is -0.451 e.